The summed E-state index contributed by atoms with van der Waals surface area (Å²) in [5, 5.41) is 4.76. The lowest BCUT2D eigenvalue weighted by Crippen LogP contribution is -2.05. The van der Waals surface area contributed by atoms with Crippen molar-refractivity contribution >= 4 is 33.3 Å². The largest absolute Gasteiger partial charge is 0.292 e. The van der Waals surface area contributed by atoms with Gasteiger partial charge >= 0.3 is 0 Å². The zero-order chi connectivity index (χ0) is 13.3. The predicted molar refractivity (Wildman–Crippen MR) is 75.1 cm³/mol. The van der Waals surface area contributed by atoms with Gasteiger partial charge in [0.2, 0.25) is 0 Å². The van der Waals surface area contributed by atoms with Crippen LogP contribution in [0.25, 0.3) is 0 Å². The summed E-state index contributed by atoms with van der Waals surface area (Å²) in [6, 6.07) is 7.29. The molecule has 0 aliphatic rings. The van der Waals surface area contributed by atoms with Gasteiger partial charge in [-0.1, -0.05) is 33.6 Å². The van der Waals surface area contributed by atoms with Crippen LogP contribution in [0.1, 0.15) is 21.7 Å². The van der Waals surface area contributed by atoms with Gasteiger partial charge in [-0.15, -0.1) is 0 Å². The Bertz CT molecular complexity index is 588. The average molecular weight is 328 g/mol. The van der Waals surface area contributed by atoms with Crippen LogP contribution >= 0.6 is 27.5 Å². The van der Waals surface area contributed by atoms with Gasteiger partial charge in [0.15, 0.2) is 5.78 Å². The van der Waals surface area contributed by atoms with Gasteiger partial charge in [-0.2, -0.15) is 5.10 Å². The number of carbonyl (C=O) groups is 1. The Labute approximate surface area is 119 Å². The molecule has 0 N–H and O–H groups in total. The molecule has 0 spiro atoms. The van der Waals surface area contributed by atoms with E-state index in [2.05, 4.69) is 21.0 Å². The van der Waals surface area contributed by atoms with Crippen molar-refractivity contribution in [3.63, 3.8) is 0 Å². The molecule has 0 amide bonds. The summed E-state index contributed by atoms with van der Waals surface area (Å²) in [5.74, 6) is -0.0251. The zero-order valence-corrected chi connectivity index (χ0v) is 12.4. The van der Waals surface area contributed by atoms with E-state index < -0.39 is 0 Å². The maximum atomic E-state index is 12.1. The van der Waals surface area contributed by atoms with Crippen molar-refractivity contribution in [3.8, 4) is 0 Å². The van der Waals surface area contributed by atoms with Crippen LogP contribution in [-0.4, -0.2) is 15.6 Å². The maximum absolute atomic E-state index is 12.1. The molecule has 1 aromatic carbocycles. The van der Waals surface area contributed by atoms with E-state index >= 15 is 0 Å². The standard InChI is InChI=1S/C13H12BrClN2O/c1-8-5-12(16-17(8)2)13(18)6-9-3-4-10(14)7-11(9)15/h3-5,7H,6H2,1-2H3. The second kappa shape index (κ2) is 5.24. The third-order valence-corrected chi connectivity index (χ3v) is 3.61. The second-order valence-corrected chi connectivity index (χ2v) is 5.45. The Kier molecular flexibility index (Phi) is 3.88. The Balaban J connectivity index is 2.21. The van der Waals surface area contributed by atoms with Crippen molar-refractivity contribution in [2.45, 2.75) is 13.3 Å². The first kappa shape index (κ1) is 13.3. The Hall–Kier alpha value is -1.13. The molecule has 0 aliphatic carbocycles. The number of hydrogen-bond donors (Lipinski definition) is 0. The van der Waals surface area contributed by atoms with E-state index in [4.69, 9.17) is 11.6 Å². The number of ketones is 1. The molecule has 0 fully saturated rings. The van der Waals surface area contributed by atoms with Crippen LogP contribution in [0.5, 0.6) is 0 Å². The predicted octanol–water partition coefficient (Wildman–Crippen LogP) is 3.57. The van der Waals surface area contributed by atoms with E-state index in [0.717, 1.165) is 15.7 Å². The number of aromatic nitrogens is 2. The molecule has 0 unspecified atom stereocenters. The van der Waals surface area contributed by atoms with E-state index in [-0.39, 0.29) is 12.2 Å². The number of rotatable bonds is 3. The topological polar surface area (TPSA) is 34.9 Å². The van der Waals surface area contributed by atoms with Crippen molar-refractivity contribution in [3.05, 3.63) is 50.7 Å². The highest BCUT2D eigenvalue weighted by molar-refractivity contribution is 9.10. The fraction of sp³-hybridized carbons (Fsp3) is 0.231. The van der Waals surface area contributed by atoms with Gasteiger partial charge in [0.25, 0.3) is 0 Å². The molecule has 0 saturated heterocycles. The number of halogens is 2. The molecule has 18 heavy (non-hydrogen) atoms. The molecule has 0 aliphatic heterocycles. The molecule has 5 heteroatoms. The third-order valence-electron chi connectivity index (χ3n) is 2.77. The van der Waals surface area contributed by atoms with Gasteiger partial charge in [0, 0.05) is 28.7 Å². The smallest absolute Gasteiger partial charge is 0.187 e. The molecule has 1 aromatic heterocycles. The lowest BCUT2D eigenvalue weighted by molar-refractivity contribution is 0.0987. The molecule has 2 aromatic rings. The molecule has 3 nitrogen and oxygen atoms in total. The average Bonchev–Trinajstić information content (AvgIpc) is 2.63. The number of hydrogen-bond acceptors (Lipinski definition) is 2. The molecule has 0 atom stereocenters. The summed E-state index contributed by atoms with van der Waals surface area (Å²) in [4.78, 5) is 12.1. The molecule has 1 heterocycles. The van der Waals surface area contributed by atoms with Crippen molar-refractivity contribution < 1.29 is 4.79 Å². The summed E-state index contributed by atoms with van der Waals surface area (Å²) < 4.78 is 2.59. The SMILES string of the molecule is Cc1cc(C(=O)Cc2ccc(Br)cc2Cl)nn1C. The summed E-state index contributed by atoms with van der Waals surface area (Å²) in [5.41, 5.74) is 2.25. The van der Waals surface area contributed by atoms with Gasteiger partial charge in [-0.05, 0) is 30.7 Å². The lowest BCUT2D eigenvalue weighted by Gasteiger charge is -2.02. The van der Waals surface area contributed by atoms with E-state index in [1.807, 2.05) is 26.1 Å². The van der Waals surface area contributed by atoms with Gasteiger partial charge in [0.05, 0.1) is 0 Å². The quantitative estimate of drug-likeness (QED) is 0.808. The van der Waals surface area contributed by atoms with E-state index in [0.29, 0.717) is 10.7 Å². The maximum Gasteiger partial charge on any atom is 0.187 e. The molecule has 0 radical (unpaired) electrons. The summed E-state index contributed by atoms with van der Waals surface area (Å²) >= 11 is 9.42. The van der Waals surface area contributed by atoms with Crippen molar-refractivity contribution in [1.82, 2.24) is 9.78 Å². The van der Waals surface area contributed by atoms with Gasteiger partial charge < -0.3 is 0 Å². The normalized spacial score (nSPS) is 10.7. The first-order chi connectivity index (χ1) is 8.47. The van der Waals surface area contributed by atoms with E-state index in [1.54, 1.807) is 16.8 Å². The van der Waals surface area contributed by atoms with Crippen LogP contribution in [-0.2, 0) is 13.5 Å². The van der Waals surface area contributed by atoms with Crippen molar-refractivity contribution in [1.29, 1.82) is 0 Å². The van der Waals surface area contributed by atoms with Gasteiger partial charge in [-0.25, -0.2) is 0 Å². The van der Waals surface area contributed by atoms with Crippen LogP contribution in [0.4, 0.5) is 0 Å². The highest BCUT2D eigenvalue weighted by atomic mass is 79.9. The first-order valence-electron chi connectivity index (χ1n) is 5.45. The minimum absolute atomic E-state index is 0.0251. The molecule has 94 valence electrons. The number of carbonyl (C=O) groups excluding carboxylic acids is 1. The third kappa shape index (κ3) is 2.82. The minimum atomic E-state index is -0.0251. The lowest BCUT2D eigenvalue weighted by atomic mass is 10.1. The second-order valence-electron chi connectivity index (χ2n) is 4.13. The molecule has 0 saturated carbocycles. The monoisotopic (exact) mass is 326 g/mol. The summed E-state index contributed by atoms with van der Waals surface area (Å²) in [6.07, 6.45) is 0.266. The van der Waals surface area contributed by atoms with Crippen LogP contribution in [0.15, 0.2) is 28.7 Å². The Morgan fingerprint density at radius 2 is 2.17 bits per heavy atom. The Morgan fingerprint density at radius 3 is 2.72 bits per heavy atom. The van der Waals surface area contributed by atoms with Crippen molar-refractivity contribution in [2.75, 3.05) is 0 Å². The van der Waals surface area contributed by atoms with E-state index in [1.165, 1.54) is 0 Å². The molecular formula is C13H12BrClN2O. The fourth-order valence-electron chi connectivity index (χ4n) is 1.63. The van der Waals surface area contributed by atoms with Crippen LogP contribution in [0.2, 0.25) is 5.02 Å². The zero-order valence-electron chi connectivity index (χ0n) is 10.1. The number of Topliss-reactive ketones (excluding diaryl/α,β-unsaturated/α-hetero) is 1. The number of benzene rings is 1. The molecular weight excluding hydrogens is 316 g/mol. The van der Waals surface area contributed by atoms with Crippen molar-refractivity contribution in [2.24, 2.45) is 7.05 Å². The van der Waals surface area contributed by atoms with Crippen LogP contribution in [0, 0.1) is 6.92 Å². The van der Waals surface area contributed by atoms with Gasteiger partial charge in [0.1, 0.15) is 5.69 Å². The fourth-order valence-corrected chi connectivity index (χ4v) is 2.37. The van der Waals surface area contributed by atoms with E-state index in [9.17, 15) is 4.79 Å². The molecule has 0 bridgehead atoms. The first-order valence-corrected chi connectivity index (χ1v) is 6.62. The molecule has 2 rings (SSSR count). The number of nitrogens with zero attached hydrogens (tertiary/aromatic N) is 2. The number of aryl methyl sites for hydroxylation is 2. The van der Waals surface area contributed by atoms with Gasteiger partial charge in [-0.3, -0.25) is 9.48 Å². The minimum Gasteiger partial charge on any atom is -0.292 e. The van der Waals surface area contributed by atoms with Crippen LogP contribution < -0.4 is 0 Å². The Morgan fingerprint density at radius 1 is 1.44 bits per heavy atom. The highest BCUT2D eigenvalue weighted by Gasteiger charge is 2.13. The summed E-state index contributed by atoms with van der Waals surface area (Å²) in [6.45, 7) is 1.91. The highest BCUT2D eigenvalue weighted by Crippen LogP contribution is 2.22. The summed E-state index contributed by atoms with van der Waals surface area (Å²) in [7, 11) is 1.82. The van der Waals surface area contributed by atoms with Crippen LogP contribution in [0.3, 0.4) is 0 Å².